The molecule has 0 bridgehead atoms. The summed E-state index contributed by atoms with van der Waals surface area (Å²) in [6.07, 6.45) is 4.72. The van der Waals surface area contributed by atoms with Crippen molar-refractivity contribution in [2.24, 2.45) is 13.0 Å². The molecular formula is C15H17N3O. The molecule has 4 nitrogen and oxygen atoms in total. The molecule has 19 heavy (non-hydrogen) atoms. The lowest BCUT2D eigenvalue weighted by molar-refractivity contribution is 0.112. The summed E-state index contributed by atoms with van der Waals surface area (Å²) in [6, 6.07) is 7.81. The van der Waals surface area contributed by atoms with Crippen LogP contribution in [0.4, 0.5) is 0 Å². The standard InChI is InChI=1S/C15H17N3O/c1-11-7-15(8-11,14-16-10-18(2)17-14)13-5-3-4-12(6-13)9-19/h3-6,9-11H,7-8H2,1-2H3. The number of aromatic nitrogens is 3. The minimum atomic E-state index is -0.111. The second-order valence-electron chi connectivity index (χ2n) is 5.58. The highest BCUT2D eigenvalue weighted by molar-refractivity contribution is 5.75. The van der Waals surface area contributed by atoms with E-state index in [0.717, 1.165) is 30.5 Å². The monoisotopic (exact) mass is 255 g/mol. The number of benzene rings is 1. The Morgan fingerprint density at radius 1 is 1.42 bits per heavy atom. The topological polar surface area (TPSA) is 47.8 Å². The largest absolute Gasteiger partial charge is 0.298 e. The van der Waals surface area contributed by atoms with Crippen molar-refractivity contribution in [2.45, 2.75) is 25.2 Å². The number of carbonyl (C=O) groups is 1. The van der Waals surface area contributed by atoms with Gasteiger partial charge in [-0.3, -0.25) is 9.48 Å². The van der Waals surface area contributed by atoms with Crippen molar-refractivity contribution in [3.05, 3.63) is 47.5 Å². The number of aryl methyl sites for hydroxylation is 1. The van der Waals surface area contributed by atoms with Crippen LogP contribution in [0.2, 0.25) is 0 Å². The van der Waals surface area contributed by atoms with E-state index in [-0.39, 0.29) is 5.41 Å². The number of hydrogen-bond acceptors (Lipinski definition) is 3. The maximum Gasteiger partial charge on any atom is 0.161 e. The average molecular weight is 255 g/mol. The van der Waals surface area contributed by atoms with Gasteiger partial charge in [0, 0.05) is 12.6 Å². The maximum absolute atomic E-state index is 11.0. The summed E-state index contributed by atoms with van der Waals surface area (Å²) in [4.78, 5) is 15.4. The Morgan fingerprint density at radius 3 is 2.79 bits per heavy atom. The molecular weight excluding hydrogens is 238 g/mol. The van der Waals surface area contributed by atoms with Gasteiger partial charge in [0.25, 0.3) is 0 Å². The first-order valence-electron chi connectivity index (χ1n) is 6.56. The van der Waals surface area contributed by atoms with Gasteiger partial charge in [-0.05, 0) is 30.4 Å². The van der Waals surface area contributed by atoms with Crippen molar-refractivity contribution in [3.63, 3.8) is 0 Å². The van der Waals surface area contributed by atoms with E-state index in [1.165, 1.54) is 0 Å². The third-order valence-corrected chi connectivity index (χ3v) is 4.00. The summed E-state index contributed by atoms with van der Waals surface area (Å²) < 4.78 is 1.74. The van der Waals surface area contributed by atoms with E-state index < -0.39 is 0 Å². The summed E-state index contributed by atoms with van der Waals surface area (Å²) in [6.45, 7) is 2.24. The summed E-state index contributed by atoms with van der Waals surface area (Å²) >= 11 is 0. The van der Waals surface area contributed by atoms with Crippen LogP contribution >= 0.6 is 0 Å². The predicted molar refractivity (Wildman–Crippen MR) is 72.0 cm³/mol. The molecule has 0 spiro atoms. The van der Waals surface area contributed by atoms with Crippen molar-refractivity contribution >= 4 is 6.29 Å². The lowest BCUT2D eigenvalue weighted by Crippen LogP contribution is -2.42. The highest BCUT2D eigenvalue weighted by Crippen LogP contribution is 2.50. The molecule has 1 heterocycles. The number of rotatable bonds is 3. The molecule has 0 saturated heterocycles. The molecule has 98 valence electrons. The second-order valence-corrected chi connectivity index (χ2v) is 5.58. The van der Waals surface area contributed by atoms with Crippen molar-refractivity contribution in [3.8, 4) is 0 Å². The maximum atomic E-state index is 11.0. The van der Waals surface area contributed by atoms with Crippen LogP contribution in [0.1, 0.15) is 41.5 Å². The Bertz CT molecular complexity index is 611. The number of carbonyl (C=O) groups excluding carboxylic acids is 1. The summed E-state index contributed by atoms with van der Waals surface area (Å²) in [7, 11) is 1.88. The van der Waals surface area contributed by atoms with Gasteiger partial charge in [-0.2, -0.15) is 5.10 Å². The van der Waals surface area contributed by atoms with E-state index in [1.54, 1.807) is 11.0 Å². The molecule has 2 aromatic rings. The SMILES string of the molecule is CC1CC(c2cccc(C=O)c2)(c2ncn(C)n2)C1. The Hall–Kier alpha value is -1.97. The Balaban J connectivity index is 2.08. The van der Waals surface area contributed by atoms with Gasteiger partial charge in [0.1, 0.15) is 12.6 Å². The fourth-order valence-corrected chi connectivity index (χ4v) is 3.15. The lowest BCUT2D eigenvalue weighted by Gasteiger charge is -2.45. The highest BCUT2D eigenvalue weighted by Gasteiger charge is 2.47. The first-order valence-corrected chi connectivity index (χ1v) is 6.56. The van der Waals surface area contributed by atoms with Crippen LogP contribution in [-0.4, -0.2) is 21.1 Å². The zero-order chi connectivity index (χ0) is 13.5. The zero-order valence-electron chi connectivity index (χ0n) is 11.2. The minimum Gasteiger partial charge on any atom is -0.298 e. The van der Waals surface area contributed by atoms with E-state index in [2.05, 4.69) is 23.1 Å². The number of hydrogen-bond donors (Lipinski definition) is 0. The predicted octanol–water partition coefficient (Wildman–Crippen LogP) is 2.34. The molecule has 0 aliphatic heterocycles. The van der Waals surface area contributed by atoms with Gasteiger partial charge < -0.3 is 0 Å². The summed E-state index contributed by atoms with van der Waals surface area (Å²) in [5, 5.41) is 4.49. The van der Waals surface area contributed by atoms with E-state index in [1.807, 2.05) is 25.2 Å². The quantitative estimate of drug-likeness (QED) is 0.791. The van der Waals surface area contributed by atoms with E-state index in [4.69, 9.17) is 0 Å². The molecule has 1 aromatic carbocycles. The molecule has 1 aliphatic carbocycles. The van der Waals surface area contributed by atoms with Gasteiger partial charge in [0.15, 0.2) is 5.82 Å². The number of aldehydes is 1. The molecule has 4 heteroatoms. The average Bonchev–Trinajstić information content (AvgIpc) is 2.81. The van der Waals surface area contributed by atoms with Crippen LogP contribution in [0.3, 0.4) is 0 Å². The van der Waals surface area contributed by atoms with Gasteiger partial charge in [-0.1, -0.05) is 25.1 Å². The Morgan fingerprint density at radius 2 is 2.21 bits per heavy atom. The van der Waals surface area contributed by atoms with Gasteiger partial charge in [0.2, 0.25) is 0 Å². The highest BCUT2D eigenvalue weighted by atomic mass is 16.1. The van der Waals surface area contributed by atoms with Crippen LogP contribution in [0.5, 0.6) is 0 Å². The fraction of sp³-hybridized carbons (Fsp3) is 0.400. The molecule has 0 atom stereocenters. The van der Waals surface area contributed by atoms with Crippen LogP contribution in [0.25, 0.3) is 0 Å². The van der Waals surface area contributed by atoms with Crippen molar-refractivity contribution in [1.82, 2.24) is 14.8 Å². The second kappa shape index (κ2) is 4.30. The third kappa shape index (κ3) is 1.87. The smallest absolute Gasteiger partial charge is 0.161 e. The summed E-state index contributed by atoms with van der Waals surface area (Å²) in [5.41, 5.74) is 1.76. The Labute approximate surface area is 112 Å². The molecule has 3 rings (SSSR count). The molecule has 0 unspecified atom stereocenters. The van der Waals surface area contributed by atoms with Crippen LogP contribution in [0.15, 0.2) is 30.6 Å². The molecule has 0 N–H and O–H groups in total. The van der Waals surface area contributed by atoms with E-state index in [9.17, 15) is 4.79 Å². The summed E-state index contributed by atoms with van der Waals surface area (Å²) in [5.74, 6) is 1.54. The van der Waals surface area contributed by atoms with Crippen LogP contribution in [0, 0.1) is 5.92 Å². The lowest BCUT2D eigenvalue weighted by atomic mass is 9.58. The Kier molecular flexibility index (Phi) is 2.73. The first-order chi connectivity index (χ1) is 9.14. The first kappa shape index (κ1) is 12.1. The molecule has 1 aliphatic rings. The molecule has 0 radical (unpaired) electrons. The van der Waals surface area contributed by atoms with Crippen LogP contribution < -0.4 is 0 Å². The van der Waals surface area contributed by atoms with Crippen molar-refractivity contribution < 1.29 is 4.79 Å². The fourth-order valence-electron chi connectivity index (χ4n) is 3.15. The minimum absolute atomic E-state index is 0.111. The van der Waals surface area contributed by atoms with Gasteiger partial charge in [-0.15, -0.1) is 0 Å². The van der Waals surface area contributed by atoms with Crippen molar-refractivity contribution in [1.29, 1.82) is 0 Å². The molecule has 1 saturated carbocycles. The van der Waals surface area contributed by atoms with Gasteiger partial charge in [-0.25, -0.2) is 4.98 Å². The third-order valence-electron chi connectivity index (χ3n) is 4.00. The van der Waals surface area contributed by atoms with E-state index >= 15 is 0 Å². The zero-order valence-corrected chi connectivity index (χ0v) is 11.2. The number of nitrogens with zero attached hydrogens (tertiary/aromatic N) is 3. The van der Waals surface area contributed by atoms with E-state index in [0.29, 0.717) is 11.5 Å². The van der Waals surface area contributed by atoms with Crippen molar-refractivity contribution in [2.75, 3.05) is 0 Å². The van der Waals surface area contributed by atoms with Gasteiger partial charge >= 0.3 is 0 Å². The molecule has 0 amide bonds. The molecule has 1 aromatic heterocycles. The van der Waals surface area contributed by atoms with Gasteiger partial charge in [0.05, 0.1) is 5.41 Å². The normalized spacial score (nSPS) is 25.9. The van der Waals surface area contributed by atoms with Crippen LogP contribution in [-0.2, 0) is 12.5 Å². The molecule has 1 fully saturated rings.